The number of carbonyl (C=O) groups is 2. The van der Waals surface area contributed by atoms with E-state index in [9.17, 15) is 9.59 Å². The van der Waals surface area contributed by atoms with Gasteiger partial charge in [-0.05, 0) is 66.5 Å². The molecule has 2 unspecified atom stereocenters. The zero-order chi connectivity index (χ0) is 21.8. The Morgan fingerprint density at radius 2 is 1.87 bits per heavy atom. The normalized spacial score (nSPS) is 19.1. The van der Waals surface area contributed by atoms with Gasteiger partial charge in [-0.2, -0.15) is 0 Å². The van der Waals surface area contributed by atoms with Crippen molar-refractivity contribution in [1.82, 2.24) is 10.2 Å². The zero-order valence-corrected chi connectivity index (χ0v) is 18.5. The van der Waals surface area contributed by atoms with Gasteiger partial charge in [0.25, 0.3) is 0 Å². The maximum atomic E-state index is 13.0. The molecule has 0 radical (unpaired) electrons. The summed E-state index contributed by atoms with van der Waals surface area (Å²) in [4.78, 5) is 27.3. The predicted octanol–water partition coefficient (Wildman–Crippen LogP) is 4.19. The molecule has 0 spiro atoms. The van der Waals surface area contributed by atoms with Gasteiger partial charge in [-0.3, -0.25) is 9.59 Å². The molecule has 164 valence electrons. The van der Waals surface area contributed by atoms with Crippen LogP contribution >= 0.6 is 0 Å². The van der Waals surface area contributed by atoms with Crippen molar-refractivity contribution in [3.8, 4) is 5.75 Å². The second-order valence-corrected chi connectivity index (χ2v) is 8.73. The Morgan fingerprint density at radius 1 is 1.13 bits per heavy atom. The Hall–Kier alpha value is -2.82. The summed E-state index contributed by atoms with van der Waals surface area (Å²) in [7, 11) is 1.63. The van der Waals surface area contributed by atoms with E-state index in [1.54, 1.807) is 12.0 Å². The first-order valence-electron chi connectivity index (χ1n) is 11.4. The molecule has 5 nitrogen and oxygen atoms in total. The largest absolute Gasteiger partial charge is 0.497 e. The summed E-state index contributed by atoms with van der Waals surface area (Å²) >= 11 is 0. The SMILES string of the molecule is CCC(NC(=O)C1CC(=O)N(Cc2ccc(OC)cc2)C1)c1ccc2c(c1)CCCC2. The molecule has 1 N–H and O–H groups in total. The van der Waals surface area contributed by atoms with Crippen molar-refractivity contribution < 1.29 is 14.3 Å². The first-order chi connectivity index (χ1) is 15.1. The minimum absolute atomic E-state index is 0.00883. The number of hydrogen-bond donors (Lipinski definition) is 1. The minimum atomic E-state index is -0.294. The number of aryl methyl sites for hydroxylation is 2. The van der Waals surface area contributed by atoms with E-state index < -0.39 is 0 Å². The molecule has 31 heavy (non-hydrogen) atoms. The number of nitrogens with one attached hydrogen (secondary N) is 1. The first kappa shape index (κ1) is 21.4. The Bertz CT molecular complexity index is 938. The van der Waals surface area contributed by atoms with Crippen LogP contribution in [-0.4, -0.2) is 30.4 Å². The summed E-state index contributed by atoms with van der Waals surface area (Å²) < 4.78 is 5.19. The van der Waals surface area contributed by atoms with Gasteiger partial charge in [0.1, 0.15) is 5.75 Å². The van der Waals surface area contributed by atoms with Crippen molar-refractivity contribution in [3.05, 3.63) is 64.7 Å². The molecule has 0 aromatic heterocycles. The highest BCUT2D eigenvalue weighted by molar-refractivity contribution is 5.89. The highest BCUT2D eigenvalue weighted by Gasteiger charge is 2.35. The molecule has 2 aromatic rings. The third-order valence-electron chi connectivity index (χ3n) is 6.62. The Morgan fingerprint density at radius 3 is 2.58 bits per heavy atom. The molecule has 5 heteroatoms. The highest BCUT2D eigenvalue weighted by Crippen LogP contribution is 2.27. The number of fused-ring (bicyclic) bond motifs is 1. The van der Waals surface area contributed by atoms with E-state index in [1.165, 1.54) is 29.5 Å². The second kappa shape index (κ2) is 9.54. The third-order valence-corrected chi connectivity index (χ3v) is 6.62. The monoisotopic (exact) mass is 420 g/mol. The van der Waals surface area contributed by atoms with Gasteiger partial charge in [-0.25, -0.2) is 0 Å². The number of rotatable bonds is 7. The smallest absolute Gasteiger partial charge is 0.225 e. The van der Waals surface area contributed by atoms with Gasteiger partial charge in [-0.15, -0.1) is 0 Å². The fourth-order valence-electron chi connectivity index (χ4n) is 4.73. The fraction of sp³-hybridized carbons (Fsp3) is 0.462. The van der Waals surface area contributed by atoms with Crippen molar-refractivity contribution >= 4 is 11.8 Å². The van der Waals surface area contributed by atoms with Gasteiger partial charge < -0.3 is 15.0 Å². The lowest BCUT2D eigenvalue weighted by Crippen LogP contribution is -2.35. The predicted molar refractivity (Wildman–Crippen MR) is 121 cm³/mol. The van der Waals surface area contributed by atoms with Gasteiger partial charge >= 0.3 is 0 Å². The van der Waals surface area contributed by atoms with Gasteiger partial charge in [-0.1, -0.05) is 37.3 Å². The summed E-state index contributed by atoms with van der Waals surface area (Å²) in [5, 5.41) is 3.22. The molecule has 1 saturated heterocycles. The molecular formula is C26H32N2O3. The summed E-state index contributed by atoms with van der Waals surface area (Å²) in [6, 6.07) is 14.4. The first-order valence-corrected chi connectivity index (χ1v) is 11.4. The highest BCUT2D eigenvalue weighted by atomic mass is 16.5. The maximum Gasteiger partial charge on any atom is 0.225 e. The second-order valence-electron chi connectivity index (χ2n) is 8.73. The van der Waals surface area contributed by atoms with Crippen LogP contribution in [0.3, 0.4) is 0 Å². The number of carbonyl (C=O) groups excluding carboxylic acids is 2. The van der Waals surface area contributed by atoms with Crippen LogP contribution in [0.2, 0.25) is 0 Å². The van der Waals surface area contributed by atoms with E-state index >= 15 is 0 Å². The molecule has 2 amide bonds. The standard InChI is InChI=1S/C26H32N2O3/c1-3-24(21-11-10-19-6-4-5-7-20(19)14-21)27-26(30)22-15-25(29)28(17-22)16-18-8-12-23(31-2)13-9-18/h8-14,22,24H,3-7,15-17H2,1-2H3,(H,27,30). The maximum absolute atomic E-state index is 13.0. The van der Waals surface area contributed by atoms with Gasteiger partial charge in [0.05, 0.1) is 19.1 Å². The van der Waals surface area contributed by atoms with Crippen molar-refractivity contribution in [2.45, 2.75) is 58.0 Å². The number of amides is 2. The fourth-order valence-corrected chi connectivity index (χ4v) is 4.73. The lowest BCUT2D eigenvalue weighted by molar-refractivity contribution is -0.129. The van der Waals surface area contributed by atoms with Crippen LogP contribution in [0.15, 0.2) is 42.5 Å². The molecule has 1 heterocycles. The molecule has 0 saturated carbocycles. The van der Waals surface area contributed by atoms with Crippen LogP contribution in [0.4, 0.5) is 0 Å². The number of methoxy groups -OCH3 is 1. The quantitative estimate of drug-likeness (QED) is 0.731. The van der Waals surface area contributed by atoms with Crippen LogP contribution in [0.1, 0.15) is 60.9 Å². The number of benzene rings is 2. The van der Waals surface area contributed by atoms with Gasteiger partial charge in [0, 0.05) is 19.5 Å². The molecule has 1 fully saturated rings. The number of hydrogen-bond acceptors (Lipinski definition) is 3. The Balaban J connectivity index is 1.38. The van der Waals surface area contributed by atoms with E-state index in [0.29, 0.717) is 13.1 Å². The number of ether oxygens (including phenoxy) is 1. The minimum Gasteiger partial charge on any atom is -0.497 e. The van der Waals surface area contributed by atoms with E-state index in [1.807, 2.05) is 24.3 Å². The summed E-state index contributed by atoms with van der Waals surface area (Å²) in [6.07, 6.45) is 5.91. The summed E-state index contributed by atoms with van der Waals surface area (Å²) in [5.74, 6) is 0.520. The Labute approximate surface area is 184 Å². The van der Waals surface area contributed by atoms with E-state index in [4.69, 9.17) is 4.74 Å². The lowest BCUT2D eigenvalue weighted by Gasteiger charge is -2.23. The average Bonchev–Trinajstić information content (AvgIpc) is 3.17. The molecule has 2 aliphatic rings. The van der Waals surface area contributed by atoms with Crippen molar-refractivity contribution in [3.63, 3.8) is 0 Å². The lowest BCUT2D eigenvalue weighted by atomic mass is 9.88. The molecule has 4 rings (SSSR count). The van der Waals surface area contributed by atoms with Crippen molar-refractivity contribution in [1.29, 1.82) is 0 Å². The molecule has 1 aliphatic heterocycles. The van der Waals surface area contributed by atoms with Crippen LogP contribution in [-0.2, 0) is 29.0 Å². The molecule has 2 aromatic carbocycles. The number of nitrogens with zero attached hydrogens (tertiary/aromatic N) is 1. The van der Waals surface area contributed by atoms with Gasteiger partial charge in [0.2, 0.25) is 11.8 Å². The molecular weight excluding hydrogens is 388 g/mol. The average molecular weight is 421 g/mol. The van der Waals surface area contributed by atoms with Crippen molar-refractivity contribution in [2.75, 3.05) is 13.7 Å². The van der Waals surface area contributed by atoms with Crippen LogP contribution in [0, 0.1) is 5.92 Å². The van der Waals surface area contributed by atoms with E-state index in [2.05, 4.69) is 30.4 Å². The van der Waals surface area contributed by atoms with Crippen LogP contribution < -0.4 is 10.1 Å². The molecule has 0 bridgehead atoms. The van der Waals surface area contributed by atoms with E-state index in [-0.39, 0.29) is 30.2 Å². The summed E-state index contributed by atoms with van der Waals surface area (Å²) in [5.41, 5.74) is 5.09. The van der Waals surface area contributed by atoms with E-state index in [0.717, 1.165) is 30.6 Å². The Kier molecular flexibility index (Phi) is 6.59. The number of likely N-dealkylation sites (tertiary alicyclic amines) is 1. The topological polar surface area (TPSA) is 58.6 Å². The molecule has 2 atom stereocenters. The van der Waals surface area contributed by atoms with Crippen molar-refractivity contribution in [2.24, 2.45) is 5.92 Å². The van der Waals surface area contributed by atoms with Gasteiger partial charge in [0.15, 0.2) is 0 Å². The molecule has 1 aliphatic carbocycles. The summed E-state index contributed by atoms with van der Waals surface area (Å²) in [6.45, 7) is 3.09. The van der Waals surface area contributed by atoms with Crippen LogP contribution in [0.5, 0.6) is 5.75 Å². The van der Waals surface area contributed by atoms with Crippen LogP contribution in [0.25, 0.3) is 0 Å². The zero-order valence-electron chi connectivity index (χ0n) is 18.5. The third kappa shape index (κ3) is 4.92.